The van der Waals surface area contributed by atoms with Crippen LogP contribution in [0.15, 0.2) is 0 Å². The summed E-state index contributed by atoms with van der Waals surface area (Å²) in [4.78, 5) is 20.6. The van der Waals surface area contributed by atoms with Gasteiger partial charge in [0.15, 0.2) is 0 Å². The normalized spacial score (nSPS) is 13.1. The molecule has 0 spiro atoms. The molecule has 0 saturated carbocycles. The highest BCUT2D eigenvalue weighted by atomic mass is 32.2. The van der Waals surface area contributed by atoms with E-state index in [1.165, 1.54) is 0 Å². The average molecular weight is 296 g/mol. The Labute approximate surface area is 117 Å². The van der Waals surface area contributed by atoms with Gasteiger partial charge in [-0.05, 0) is 36.9 Å². The monoisotopic (exact) mass is 296 g/mol. The van der Waals surface area contributed by atoms with E-state index in [1.807, 2.05) is 12.5 Å². The van der Waals surface area contributed by atoms with Crippen LogP contribution in [0.3, 0.4) is 0 Å². The van der Waals surface area contributed by atoms with Crippen LogP contribution in [0.5, 0.6) is 0 Å². The Morgan fingerprint density at radius 1 is 0.889 bits per heavy atom. The van der Waals surface area contributed by atoms with E-state index in [9.17, 15) is 9.59 Å². The van der Waals surface area contributed by atoms with Gasteiger partial charge in [0.05, 0.1) is 12.1 Å². The molecule has 0 aliphatic rings. The lowest BCUT2D eigenvalue weighted by Gasteiger charge is -2.03. The van der Waals surface area contributed by atoms with Crippen LogP contribution < -0.4 is 22.9 Å². The summed E-state index contributed by atoms with van der Waals surface area (Å²) in [5.74, 6) is 0.960. The minimum atomic E-state index is -0.461. The largest absolute Gasteiger partial charge is 0.368 e. The van der Waals surface area contributed by atoms with Crippen LogP contribution in [0.25, 0.3) is 0 Å². The summed E-state index contributed by atoms with van der Waals surface area (Å²) in [5, 5.41) is 0. The molecule has 6 nitrogen and oxygen atoms in total. The predicted molar refractivity (Wildman–Crippen MR) is 80.3 cm³/mol. The number of thioether (sulfide) groups is 2. The Kier molecular flexibility index (Phi) is 14.4. The van der Waals surface area contributed by atoms with Gasteiger partial charge in [-0.3, -0.25) is 9.59 Å². The van der Waals surface area contributed by atoms with E-state index in [4.69, 9.17) is 22.9 Å². The predicted octanol–water partition coefficient (Wildman–Crippen LogP) is -0.896. The van der Waals surface area contributed by atoms with Crippen molar-refractivity contribution in [3.05, 3.63) is 0 Å². The zero-order valence-electron chi connectivity index (χ0n) is 10.9. The maximum atomic E-state index is 10.3. The van der Waals surface area contributed by atoms with Crippen LogP contribution in [-0.2, 0) is 9.59 Å². The molecule has 2 atom stereocenters. The van der Waals surface area contributed by atoms with Gasteiger partial charge in [0.1, 0.15) is 0 Å². The fourth-order valence-electron chi connectivity index (χ4n) is 0.774. The first-order chi connectivity index (χ1) is 8.36. The second-order valence-electron chi connectivity index (χ2n) is 3.58. The molecule has 0 rings (SSSR count). The fourth-order valence-corrected chi connectivity index (χ4v) is 1.75. The topological polar surface area (TPSA) is 138 Å². The molecule has 0 bridgehead atoms. The number of primary amides is 2. The molecule has 0 saturated heterocycles. The molecule has 18 heavy (non-hydrogen) atoms. The van der Waals surface area contributed by atoms with E-state index in [-0.39, 0.29) is 0 Å². The van der Waals surface area contributed by atoms with Gasteiger partial charge in [0.25, 0.3) is 0 Å². The van der Waals surface area contributed by atoms with Gasteiger partial charge < -0.3 is 22.9 Å². The summed E-state index contributed by atoms with van der Waals surface area (Å²) in [7, 11) is 0. The molecular formula is C10H24N4O2S2. The van der Waals surface area contributed by atoms with Crippen molar-refractivity contribution in [2.24, 2.45) is 22.9 Å². The molecule has 108 valence electrons. The van der Waals surface area contributed by atoms with Gasteiger partial charge in [-0.1, -0.05) is 0 Å². The second kappa shape index (κ2) is 13.0. The molecule has 0 aliphatic heterocycles. The summed E-state index contributed by atoms with van der Waals surface area (Å²) in [5.41, 5.74) is 20.4. The molecule has 0 heterocycles. The number of amides is 2. The van der Waals surface area contributed by atoms with E-state index in [1.54, 1.807) is 23.5 Å². The molecule has 8 N–H and O–H groups in total. The first kappa shape index (κ1) is 19.9. The van der Waals surface area contributed by atoms with Crippen LogP contribution in [0, 0.1) is 0 Å². The standard InChI is InChI=1S/2C5H12N2OS/c2*1-9-3-2-4(6)5(7)8/h2*4H,2-3,6H2,1H3,(H2,7,8)/t4-;/m0./s1. The van der Waals surface area contributed by atoms with Crippen molar-refractivity contribution >= 4 is 35.3 Å². The van der Waals surface area contributed by atoms with Crippen LogP contribution in [0.4, 0.5) is 0 Å². The van der Waals surface area contributed by atoms with Gasteiger partial charge in [-0.25, -0.2) is 0 Å². The average Bonchev–Trinajstić information content (AvgIpc) is 2.33. The van der Waals surface area contributed by atoms with Gasteiger partial charge in [-0.15, -0.1) is 0 Å². The number of nitrogens with two attached hydrogens (primary N) is 4. The molecule has 1 unspecified atom stereocenters. The van der Waals surface area contributed by atoms with Crippen molar-refractivity contribution in [2.75, 3.05) is 24.0 Å². The number of carbonyl (C=O) groups excluding carboxylic acids is 2. The van der Waals surface area contributed by atoms with Crippen LogP contribution in [0.1, 0.15) is 12.8 Å². The summed E-state index contributed by atoms with van der Waals surface area (Å²) >= 11 is 3.32. The van der Waals surface area contributed by atoms with Crippen molar-refractivity contribution < 1.29 is 9.59 Å². The van der Waals surface area contributed by atoms with Crippen molar-refractivity contribution in [3.63, 3.8) is 0 Å². The Morgan fingerprint density at radius 3 is 1.33 bits per heavy atom. The van der Waals surface area contributed by atoms with Gasteiger partial charge in [0.2, 0.25) is 11.8 Å². The Morgan fingerprint density at radius 2 is 1.17 bits per heavy atom. The number of hydrogen-bond acceptors (Lipinski definition) is 6. The lowest BCUT2D eigenvalue weighted by atomic mass is 10.2. The molecule has 2 amide bonds. The zero-order valence-corrected chi connectivity index (χ0v) is 12.6. The Balaban J connectivity index is 0. The highest BCUT2D eigenvalue weighted by Gasteiger charge is 2.07. The third-order valence-electron chi connectivity index (χ3n) is 2.00. The molecule has 0 aromatic heterocycles. The van der Waals surface area contributed by atoms with Gasteiger partial charge in [-0.2, -0.15) is 23.5 Å². The molecule has 0 fully saturated rings. The van der Waals surface area contributed by atoms with Crippen molar-refractivity contribution in [1.82, 2.24) is 0 Å². The third kappa shape index (κ3) is 13.6. The maximum Gasteiger partial charge on any atom is 0.234 e. The van der Waals surface area contributed by atoms with E-state index in [2.05, 4.69) is 0 Å². The number of carbonyl (C=O) groups is 2. The summed E-state index contributed by atoms with van der Waals surface area (Å²) < 4.78 is 0. The Hall–Kier alpha value is -0.440. The van der Waals surface area contributed by atoms with Crippen LogP contribution in [-0.4, -0.2) is 47.9 Å². The SMILES string of the molecule is CSCCC(N)C(N)=O.CSCC[C@H](N)C(N)=O. The van der Waals surface area contributed by atoms with E-state index in [0.717, 1.165) is 11.5 Å². The number of hydrogen-bond donors (Lipinski definition) is 4. The molecule has 0 aliphatic carbocycles. The summed E-state index contributed by atoms with van der Waals surface area (Å²) in [6, 6.07) is -0.921. The molecule has 0 aromatic rings. The summed E-state index contributed by atoms with van der Waals surface area (Å²) in [6.45, 7) is 0. The highest BCUT2D eigenvalue weighted by Crippen LogP contribution is 1.97. The van der Waals surface area contributed by atoms with E-state index < -0.39 is 23.9 Å². The summed E-state index contributed by atoms with van der Waals surface area (Å²) in [6.07, 6.45) is 5.29. The molecule has 8 heteroatoms. The minimum Gasteiger partial charge on any atom is -0.368 e. The van der Waals surface area contributed by atoms with Gasteiger partial charge >= 0.3 is 0 Å². The third-order valence-corrected chi connectivity index (χ3v) is 3.28. The zero-order chi connectivity index (χ0) is 14.6. The molecule has 0 radical (unpaired) electrons. The quantitative estimate of drug-likeness (QED) is 0.458. The maximum absolute atomic E-state index is 10.3. The van der Waals surface area contributed by atoms with Crippen molar-refractivity contribution in [1.29, 1.82) is 0 Å². The lowest BCUT2D eigenvalue weighted by Crippen LogP contribution is -2.36. The fraction of sp³-hybridized carbons (Fsp3) is 0.800. The Bertz CT molecular complexity index is 218. The van der Waals surface area contributed by atoms with Crippen LogP contribution in [0.2, 0.25) is 0 Å². The first-order valence-corrected chi connectivity index (χ1v) is 8.23. The van der Waals surface area contributed by atoms with Crippen LogP contribution >= 0.6 is 23.5 Å². The van der Waals surface area contributed by atoms with E-state index >= 15 is 0 Å². The van der Waals surface area contributed by atoms with E-state index in [0.29, 0.717) is 12.8 Å². The highest BCUT2D eigenvalue weighted by molar-refractivity contribution is 7.98. The molecular weight excluding hydrogens is 272 g/mol. The van der Waals surface area contributed by atoms with Gasteiger partial charge in [0, 0.05) is 0 Å². The molecule has 0 aromatic carbocycles. The van der Waals surface area contributed by atoms with Crippen molar-refractivity contribution in [3.8, 4) is 0 Å². The lowest BCUT2D eigenvalue weighted by molar-refractivity contribution is -0.120. The smallest absolute Gasteiger partial charge is 0.234 e. The number of rotatable bonds is 8. The minimum absolute atomic E-state index is 0.413. The first-order valence-electron chi connectivity index (χ1n) is 5.44. The van der Waals surface area contributed by atoms with Crippen molar-refractivity contribution in [2.45, 2.75) is 24.9 Å². The second-order valence-corrected chi connectivity index (χ2v) is 5.55.